The molecule has 18 heavy (non-hydrogen) atoms. The fourth-order valence-electron chi connectivity index (χ4n) is 2.24. The molecule has 1 fully saturated rings. The molecule has 3 nitrogen and oxygen atoms in total. The fraction of sp³-hybridized carbons (Fsp3) is 0.600. The zero-order chi connectivity index (χ0) is 13.2. The maximum atomic E-state index is 9.32. The van der Waals surface area contributed by atoms with Crippen molar-refractivity contribution < 1.29 is 9.84 Å². The number of aliphatic hydroxyl groups is 1. The molecule has 0 radical (unpaired) electrons. The van der Waals surface area contributed by atoms with Crippen LogP contribution in [0.2, 0.25) is 0 Å². The highest BCUT2D eigenvalue weighted by atomic mass is 16.5. The largest absolute Gasteiger partial charge is 0.496 e. The predicted octanol–water partition coefficient (Wildman–Crippen LogP) is 2.43. The van der Waals surface area contributed by atoms with Crippen LogP contribution in [0.15, 0.2) is 18.2 Å². The Kier molecular flexibility index (Phi) is 3.93. The molecular weight excluding hydrogens is 226 g/mol. The van der Waals surface area contributed by atoms with Gasteiger partial charge in [-0.1, -0.05) is 17.7 Å². The number of benzene rings is 1. The van der Waals surface area contributed by atoms with Crippen molar-refractivity contribution in [3.05, 3.63) is 29.3 Å². The number of rotatable bonds is 6. The zero-order valence-corrected chi connectivity index (χ0v) is 11.5. The van der Waals surface area contributed by atoms with Gasteiger partial charge in [0.2, 0.25) is 0 Å². The van der Waals surface area contributed by atoms with Crippen molar-refractivity contribution in [2.75, 3.05) is 20.3 Å². The Labute approximate surface area is 109 Å². The minimum atomic E-state index is 0.144. The molecule has 0 saturated heterocycles. The van der Waals surface area contributed by atoms with Crippen LogP contribution in [-0.2, 0) is 0 Å². The normalized spacial score (nSPS) is 18.4. The highest BCUT2D eigenvalue weighted by molar-refractivity contribution is 5.38. The summed E-state index contributed by atoms with van der Waals surface area (Å²) < 4.78 is 5.41. The van der Waals surface area contributed by atoms with Crippen LogP contribution in [0.1, 0.15) is 36.9 Å². The van der Waals surface area contributed by atoms with Gasteiger partial charge in [-0.3, -0.25) is 0 Å². The Balaban J connectivity index is 2.03. The van der Waals surface area contributed by atoms with E-state index in [0.29, 0.717) is 0 Å². The van der Waals surface area contributed by atoms with Crippen LogP contribution in [0, 0.1) is 12.3 Å². The van der Waals surface area contributed by atoms with Crippen molar-refractivity contribution in [3.63, 3.8) is 0 Å². The number of aliphatic hydroxyl groups excluding tert-OH is 1. The van der Waals surface area contributed by atoms with Gasteiger partial charge >= 0.3 is 0 Å². The molecule has 0 aromatic heterocycles. The van der Waals surface area contributed by atoms with Gasteiger partial charge in [0.1, 0.15) is 5.75 Å². The summed E-state index contributed by atoms with van der Waals surface area (Å²) in [4.78, 5) is 0. The van der Waals surface area contributed by atoms with Gasteiger partial charge in [-0.15, -0.1) is 0 Å². The number of nitrogens with one attached hydrogen (secondary N) is 1. The first-order chi connectivity index (χ1) is 8.60. The molecule has 0 aliphatic heterocycles. The number of aryl methyl sites for hydroxylation is 1. The summed E-state index contributed by atoms with van der Waals surface area (Å²) in [6.45, 7) is 5.40. The van der Waals surface area contributed by atoms with Crippen LogP contribution >= 0.6 is 0 Å². The van der Waals surface area contributed by atoms with Crippen LogP contribution in [0.5, 0.6) is 5.75 Å². The minimum Gasteiger partial charge on any atom is -0.496 e. The average molecular weight is 249 g/mol. The van der Waals surface area contributed by atoms with E-state index in [1.807, 2.05) is 6.07 Å². The summed E-state index contributed by atoms with van der Waals surface area (Å²) in [5.74, 6) is 0.925. The zero-order valence-electron chi connectivity index (χ0n) is 11.5. The highest BCUT2D eigenvalue weighted by Crippen LogP contribution is 2.44. The second-order valence-corrected chi connectivity index (χ2v) is 5.51. The third-order valence-electron chi connectivity index (χ3n) is 3.93. The van der Waals surface area contributed by atoms with E-state index in [2.05, 4.69) is 31.3 Å². The molecule has 2 N–H and O–H groups in total. The second kappa shape index (κ2) is 5.29. The average Bonchev–Trinajstić information content (AvgIpc) is 3.16. The van der Waals surface area contributed by atoms with Gasteiger partial charge in [-0.05, 0) is 32.8 Å². The van der Waals surface area contributed by atoms with Gasteiger partial charge in [0.25, 0.3) is 0 Å². The molecule has 1 aliphatic rings. The van der Waals surface area contributed by atoms with Gasteiger partial charge < -0.3 is 15.2 Å². The van der Waals surface area contributed by atoms with Crippen molar-refractivity contribution in [3.8, 4) is 5.75 Å². The van der Waals surface area contributed by atoms with E-state index >= 15 is 0 Å². The molecule has 1 aliphatic carbocycles. The standard InChI is InChI=1S/C15H23NO2/c1-11-4-5-14(18-3)13(8-11)12(2)16-9-15(10-17)6-7-15/h4-5,8,12,16-17H,6-7,9-10H2,1-3H3. The quantitative estimate of drug-likeness (QED) is 0.813. The molecular formula is C15H23NO2. The first-order valence-corrected chi connectivity index (χ1v) is 6.59. The van der Waals surface area contributed by atoms with Crippen molar-refractivity contribution in [1.82, 2.24) is 5.32 Å². The Morgan fingerprint density at radius 3 is 2.72 bits per heavy atom. The van der Waals surface area contributed by atoms with E-state index in [1.165, 1.54) is 11.1 Å². The lowest BCUT2D eigenvalue weighted by molar-refractivity contribution is 0.204. The van der Waals surface area contributed by atoms with E-state index < -0.39 is 0 Å². The summed E-state index contributed by atoms with van der Waals surface area (Å²) in [7, 11) is 1.71. The van der Waals surface area contributed by atoms with E-state index in [1.54, 1.807) is 7.11 Å². The summed E-state index contributed by atoms with van der Waals surface area (Å²) >= 11 is 0. The molecule has 1 atom stereocenters. The van der Waals surface area contributed by atoms with Gasteiger partial charge in [-0.2, -0.15) is 0 Å². The molecule has 0 spiro atoms. The molecule has 0 bridgehead atoms. The Morgan fingerprint density at radius 2 is 2.17 bits per heavy atom. The number of ether oxygens (including phenoxy) is 1. The van der Waals surface area contributed by atoms with Crippen LogP contribution in [-0.4, -0.2) is 25.4 Å². The SMILES string of the molecule is COc1ccc(C)cc1C(C)NCC1(CO)CC1. The summed E-state index contributed by atoms with van der Waals surface area (Å²) in [5.41, 5.74) is 2.57. The first kappa shape index (κ1) is 13.4. The Bertz CT molecular complexity index is 413. The van der Waals surface area contributed by atoms with Gasteiger partial charge in [0.05, 0.1) is 7.11 Å². The van der Waals surface area contributed by atoms with Crippen molar-refractivity contribution in [2.45, 2.75) is 32.7 Å². The van der Waals surface area contributed by atoms with Gasteiger partial charge in [0, 0.05) is 30.2 Å². The molecule has 1 aromatic carbocycles. The lowest BCUT2D eigenvalue weighted by atomic mass is 10.0. The van der Waals surface area contributed by atoms with Crippen molar-refractivity contribution in [2.24, 2.45) is 5.41 Å². The second-order valence-electron chi connectivity index (χ2n) is 5.51. The van der Waals surface area contributed by atoms with E-state index in [0.717, 1.165) is 25.1 Å². The molecule has 0 heterocycles. The van der Waals surface area contributed by atoms with Crippen LogP contribution in [0.3, 0.4) is 0 Å². The molecule has 1 aromatic rings. The van der Waals surface area contributed by atoms with Gasteiger partial charge in [-0.25, -0.2) is 0 Å². The molecule has 1 unspecified atom stereocenters. The lowest BCUT2D eigenvalue weighted by Crippen LogP contribution is -2.29. The van der Waals surface area contributed by atoms with Crippen LogP contribution in [0.25, 0.3) is 0 Å². The first-order valence-electron chi connectivity index (χ1n) is 6.59. The maximum Gasteiger partial charge on any atom is 0.123 e. The monoisotopic (exact) mass is 249 g/mol. The Hall–Kier alpha value is -1.06. The molecule has 3 heteroatoms. The third-order valence-corrected chi connectivity index (χ3v) is 3.93. The Morgan fingerprint density at radius 1 is 1.44 bits per heavy atom. The summed E-state index contributed by atoms with van der Waals surface area (Å²) in [6.07, 6.45) is 2.27. The summed E-state index contributed by atoms with van der Waals surface area (Å²) in [6, 6.07) is 6.48. The van der Waals surface area contributed by atoms with Crippen molar-refractivity contribution in [1.29, 1.82) is 0 Å². The molecule has 100 valence electrons. The minimum absolute atomic E-state index is 0.144. The van der Waals surface area contributed by atoms with E-state index in [-0.39, 0.29) is 18.1 Å². The molecule has 2 rings (SSSR count). The lowest BCUT2D eigenvalue weighted by Gasteiger charge is -2.21. The molecule has 1 saturated carbocycles. The number of methoxy groups -OCH3 is 1. The molecule has 0 amide bonds. The summed E-state index contributed by atoms with van der Waals surface area (Å²) in [5, 5.41) is 12.8. The smallest absolute Gasteiger partial charge is 0.123 e. The number of hydrogen-bond acceptors (Lipinski definition) is 3. The van der Waals surface area contributed by atoms with Gasteiger partial charge in [0.15, 0.2) is 0 Å². The third kappa shape index (κ3) is 2.85. The highest BCUT2D eigenvalue weighted by Gasteiger charge is 2.41. The maximum absolute atomic E-state index is 9.32. The predicted molar refractivity (Wildman–Crippen MR) is 72.9 cm³/mol. The fourth-order valence-corrected chi connectivity index (χ4v) is 2.24. The van der Waals surface area contributed by atoms with Crippen LogP contribution < -0.4 is 10.1 Å². The van der Waals surface area contributed by atoms with Crippen LogP contribution in [0.4, 0.5) is 0 Å². The number of hydrogen-bond donors (Lipinski definition) is 2. The van der Waals surface area contributed by atoms with E-state index in [9.17, 15) is 5.11 Å². The topological polar surface area (TPSA) is 41.5 Å². The van der Waals surface area contributed by atoms with E-state index in [4.69, 9.17) is 4.74 Å². The van der Waals surface area contributed by atoms with Crippen molar-refractivity contribution >= 4 is 0 Å².